The van der Waals surface area contributed by atoms with Crippen molar-refractivity contribution in [1.29, 1.82) is 0 Å². The van der Waals surface area contributed by atoms with Crippen LogP contribution in [0.1, 0.15) is 65.2 Å². The second-order valence-corrected chi connectivity index (χ2v) is 7.38. The largest absolute Gasteiger partial charge is 0.468 e. The summed E-state index contributed by atoms with van der Waals surface area (Å²) in [7, 11) is 1.29. The van der Waals surface area contributed by atoms with Crippen LogP contribution >= 0.6 is 0 Å². The number of ketones is 1. The number of nitrogens with one attached hydrogen (secondary N) is 1. The van der Waals surface area contributed by atoms with Gasteiger partial charge in [0.15, 0.2) is 5.78 Å². The van der Waals surface area contributed by atoms with Gasteiger partial charge in [-0.1, -0.05) is 13.8 Å². The number of hydrogen-bond acceptors (Lipinski definition) is 5. The molecule has 0 aliphatic heterocycles. The predicted molar refractivity (Wildman–Crippen MR) is 90.5 cm³/mol. The van der Waals surface area contributed by atoms with Gasteiger partial charge in [0, 0.05) is 11.3 Å². The fourth-order valence-electron chi connectivity index (χ4n) is 4.15. The second kappa shape index (κ2) is 6.65. The Morgan fingerprint density at radius 3 is 2.48 bits per heavy atom. The van der Waals surface area contributed by atoms with Gasteiger partial charge in [0.05, 0.1) is 7.11 Å². The Hall–Kier alpha value is -2.11. The molecule has 0 amide bonds. The number of Topliss-reactive ketones (excluding diaryl/α,β-unsaturated/α-hetero) is 1. The van der Waals surface area contributed by atoms with E-state index in [1.54, 1.807) is 6.92 Å². The summed E-state index contributed by atoms with van der Waals surface area (Å²) in [5.41, 5.74) is 2.05. The Balaban J connectivity index is 1.88. The minimum Gasteiger partial charge on any atom is -0.468 e. The Kier molecular flexibility index (Phi) is 4.71. The van der Waals surface area contributed by atoms with Gasteiger partial charge in [-0.15, -0.1) is 0 Å². The molecule has 1 aromatic heterocycles. The molecule has 4 atom stereocenters. The molecule has 2 aliphatic rings. The zero-order chi connectivity index (χ0) is 18.3. The van der Waals surface area contributed by atoms with Crippen LogP contribution in [-0.2, 0) is 20.7 Å². The lowest BCUT2D eigenvalue weighted by atomic mass is 9.77. The highest BCUT2D eigenvalue weighted by atomic mass is 16.5. The van der Waals surface area contributed by atoms with Crippen molar-refractivity contribution in [3.63, 3.8) is 0 Å². The third kappa shape index (κ3) is 2.98. The van der Waals surface area contributed by atoms with Gasteiger partial charge in [0.2, 0.25) is 0 Å². The summed E-state index contributed by atoms with van der Waals surface area (Å²) in [5.74, 6) is -1.84. The van der Waals surface area contributed by atoms with Crippen LogP contribution in [0.15, 0.2) is 0 Å². The van der Waals surface area contributed by atoms with Gasteiger partial charge in [0.1, 0.15) is 17.7 Å². The molecule has 0 aromatic carbocycles. The minimum absolute atomic E-state index is 0.0651. The molecular formula is C19H25NO5. The summed E-state index contributed by atoms with van der Waals surface area (Å²) in [4.78, 5) is 40.4. The van der Waals surface area contributed by atoms with Gasteiger partial charge in [0.25, 0.3) is 0 Å². The number of methoxy groups -OCH3 is 1. The molecule has 1 heterocycles. The minimum atomic E-state index is -0.814. The van der Waals surface area contributed by atoms with Crippen LogP contribution in [0.25, 0.3) is 0 Å². The quantitative estimate of drug-likeness (QED) is 0.671. The maximum Gasteiger partial charge on any atom is 0.355 e. The molecule has 1 aromatic rings. The van der Waals surface area contributed by atoms with Crippen LogP contribution in [0.5, 0.6) is 0 Å². The standard InChI is InChI=1S/C19H25NO5/c1-9-6-5-7-13(9)25-19(23)16-11(3)15-12(20-16)8-10(2)14(17(15)21)18(22)24-4/h9-10,13-14,20H,5-8H2,1-4H3/t9-,10-,13-,14-/m0/s1. The lowest BCUT2D eigenvalue weighted by molar-refractivity contribution is -0.145. The number of esters is 2. The van der Waals surface area contributed by atoms with Gasteiger partial charge in [-0.05, 0) is 50.0 Å². The van der Waals surface area contributed by atoms with Crippen molar-refractivity contribution in [1.82, 2.24) is 4.98 Å². The summed E-state index contributed by atoms with van der Waals surface area (Å²) >= 11 is 0. The van der Waals surface area contributed by atoms with Crippen LogP contribution in [0.2, 0.25) is 0 Å². The summed E-state index contributed by atoms with van der Waals surface area (Å²) in [6.45, 7) is 5.66. The van der Waals surface area contributed by atoms with Crippen molar-refractivity contribution >= 4 is 17.7 Å². The fraction of sp³-hybridized carbons (Fsp3) is 0.632. The van der Waals surface area contributed by atoms with Gasteiger partial charge in [-0.25, -0.2) is 4.79 Å². The van der Waals surface area contributed by atoms with Crippen LogP contribution in [0, 0.1) is 24.7 Å². The third-order valence-corrected chi connectivity index (χ3v) is 5.65. The molecule has 0 radical (unpaired) electrons. The zero-order valence-electron chi connectivity index (χ0n) is 15.2. The Morgan fingerprint density at radius 2 is 1.88 bits per heavy atom. The Labute approximate surface area is 147 Å². The average Bonchev–Trinajstić information content (AvgIpc) is 3.10. The van der Waals surface area contributed by atoms with E-state index in [1.165, 1.54) is 7.11 Å². The Bertz CT molecular complexity index is 720. The first-order chi connectivity index (χ1) is 11.8. The maximum absolute atomic E-state index is 12.8. The topological polar surface area (TPSA) is 85.5 Å². The van der Waals surface area contributed by atoms with E-state index in [0.717, 1.165) is 19.3 Å². The number of ether oxygens (including phenoxy) is 2. The van der Waals surface area contributed by atoms with Crippen LogP contribution in [-0.4, -0.2) is 35.9 Å². The van der Waals surface area contributed by atoms with Crippen LogP contribution in [0.3, 0.4) is 0 Å². The average molecular weight is 347 g/mol. The molecule has 136 valence electrons. The van der Waals surface area contributed by atoms with E-state index in [4.69, 9.17) is 9.47 Å². The molecule has 6 heteroatoms. The van der Waals surface area contributed by atoms with E-state index in [2.05, 4.69) is 11.9 Å². The number of H-pyrrole nitrogens is 1. The van der Waals surface area contributed by atoms with E-state index in [-0.39, 0.29) is 17.8 Å². The first-order valence-corrected chi connectivity index (χ1v) is 8.89. The number of aromatic amines is 1. The number of hydrogen-bond donors (Lipinski definition) is 1. The number of rotatable bonds is 3. The van der Waals surface area contributed by atoms with E-state index in [1.807, 2.05) is 6.92 Å². The van der Waals surface area contributed by atoms with Crippen LogP contribution < -0.4 is 0 Å². The molecule has 0 bridgehead atoms. The lowest BCUT2D eigenvalue weighted by Crippen LogP contribution is -2.36. The van der Waals surface area contributed by atoms with E-state index >= 15 is 0 Å². The van der Waals surface area contributed by atoms with Crippen molar-refractivity contribution in [3.8, 4) is 0 Å². The maximum atomic E-state index is 12.8. The van der Waals surface area contributed by atoms with E-state index < -0.39 is 17.9 Å². The van der Waals surface area contributed by atoms with Crippen molar-refractivity contribution in [2.24, 2.45) is 17.8 Å². The molecular weight excluding hydrogens is 322 g/mol. The lowest BCUT2D eigenvalue weighted by Gasteiger charge is -2.25. The fourth-order valence-corrected chi connectivity index (χ4v) is 4.15. The zero-order valence-corrected chi connectivity index (χ0v) is 15.2. The number of carbonyl (C=O) groups excluding carboxylic acids is 3. The smallest absolute Gasteiger partial charge is 0.355 e. The first-order valence-electron chi connectivity index (χ1n) is 8.89. The van der Waals surface area contributed by atoms with E-state index in [0.29, 0.717) is 34.9 Å². The number of aromatic nitrogens is 1. The summed E-state index contributed by atoms with van der Waals surface area (Å²) in [6, 6.07) is 0. The molecule has 6 nitrogen and oxygen atoms in total. The molecule has 25 heavy (non-hydrogen) atoms. The summed E-state index contributed by atoms with van der Waals surface area (Å²) in [6.07, 6.45) is 3.47. The normalized spacial score (nSPS) is 28.6. The summed E-state index contributed by atoms with van der Waals surface area (Å²) in [5, 5.41) is 0. The molecule has 1 N–H and O–H groups in total. The monoisotopic (exact) mass is 347 g/mol. The third-order valence-electron chi connectivity index (χ3n) is 5.65. The van der Waals surface area contributed by atoms with Crippen molar-refractivity contribution in [2.45, 2.75) is 52.6 Å². The van der Waals surface area contributed by atoms with Gasteiger partial charge in [-0.3, -0.25) is 9.59 Å². The van der Waals surface area contributed by atoms with Crippen molar-refractivity contribution in [2.75, 3.05) is 7.11 Å². The molecule has 0 unspecified atom stereocenters. The van der Waals surface area contributed by atoms with Gasteiger partial charge >= 0.3 is 11.9 Å². The highest BCUT2D eigenvalue weighted by Gasteiger charge is 2.42. The second-order valence-electron chi connectivity index (χ2n) is 7.38. The van der Waals surface area contributed by atoms with Crippen molar-refractivity contribution < 1.29 is 23.9 Å². The number of fused-ring (bicyclic) bond motifs is 1. The summed E-state index contributed by atoms with van der Waals surface area (Å²) < 4.78 is 10.4. The molecule has 3 rings (SSSR count). The van der Waals surface area contributed by atoms with Gasteiger partial charge in [-0.2, -0.15) is 0 Å². The predicted octanol–water partition coefficient (Wildman–Crippen LogP) is 2.83. The Morgan fingerprint density at radius 1 is 1.16 bits per heavy atom. The number of carbonyl (C=O) groups is 3. The van der Waals surface area contributed by atoms with E-state index in [9.17, 15) is 14.4 Å². The molecule has 2 aliphatic carbocycles. The molecule has 1 fully saturated rings. The highest BCUT2D eigenvalue weighted by Crippen LogP contribution is 2.35. The molecule has 1 saturated carbocycles. The molecule has 0 spiro atoms. The molecule has 0 saturated heterocycles. The SMILES string of the molecule is COC(=O)[C@@H]1C(=O)c2c([nH]c(C(=O)O[C@H]3CCC[C@@H]3C)c2C)C[C@@H]1C. The van der Waals surface area contributed by atoms with Gasteiger partial charge < -0.3 is 14.5 Å². The van der Waals surface area contributed by atoms with Crippen molar-refractivity contribution in [3.05, 3.63) is 22.5 Å². The highest BCUT2D eigenvalue weighted by molar-refractivity contribution is 6.12. The van der Waals surface area contributed by atoms with Crippen LogP contribution in [0.4, 0.5) is 0 Å². The first kappa shape index (κ1) is 17.7.